The van der Waals surface area contributed by atoms with E-state index in [0.717, 1.165) is 25.9 Å². The Bertz CT molecular complexity index is 511. The SMILES string of the molecule is CCOC[C@]12CCCO[C@@H]1CCN(C(=O)c1ccncn1)C2. The summed E-state index contributed by atoms with van der Waals surface area (Å²) in [5.41, 5.74) is 0.381. The van der Waals surface area contributed by atoms with E-state index in [4.69, 9.17) is 9.47 Å². The van der Waals surface area contributed by atoms with E-state index in [0.29, 0.717) is 32.0 Å². The summed E-state index contributed by atoms with van der Waals surface area (Å²) >= 11 is 0. The third kappa shape index (κ3) is 2.98. The van der Waals surface area contributed by atoms with Crippen LogP contribution in [0.1, 0.15) is 36.7 Å². The van der Waals surface area contributed by atoms with Crippen molar-refractivity contribution in [2.75, 3.05) is 32.9 Å². The summed E-state index contributed by atoms with van der Waals surface area (Å²) in [4.78, 5) is 22.5. The van der Waals surface area contributed by atoms with Crippen molar-refractivity contribution in [1.82, 2.24) is 14.9 Å². The van der Waals surface area contributed by atoms with Gasteiger partial charge in [-0.3, -0.25) is 4.79 Å². The second kappa shape index (κ2) is 6.71. The van der Waals surface area contributed by atoms with Crippen LogP contribution in [0.5, 0.6) is 0 Å². The topological polar surface area (TPSA) is 64.6 Å². The van der Waals surface area contributed by atoms with Gasteiger partial charge >= 0.3 is 0 Å². The lowest BCUT2D eigenvalue weighted by molar-refractivity contribution is -0.146. The molecule has 0 N–H and O–H groups in total. The minimum absolute atomic E-state index is 0.0257. The number of carbonyl (C=O) groups excluding carboxylic acids is 1. The lowest BCUT2D eigenvalue weighted by Gasteiger charge is -2.50. The van der Waals surface area contributed by atoms with Crippen LogP contribution in [-0.4, -0.2) is 59.8 Å². The smallest absolute Gasteiger partial charge is 0.272 e. The molecule has 2 fully saturated rings. The average molecular weight is 305 g/mol. The van der Waals surface area contributed by atoms with E-state index in [9.17, 15) is 4.79 Å². The van der Waals surface area contributed by atoms with Gasteiger partial charge in [0, 0.05) is 37.9 Å². The predicted octanol–water partition coefficient (Wildman–Crippen LogP) is 1.52. The van der Waals surface area contributed by atoms with Crippen LogP contribution in [0.15, 0.2) is 18.6 Å². The van der Waals surface area contributed by atoms with Crippen molar-refractivity contribution >= 4 is 5.91 Å². The Labute approximate surface area is 130 Å². The largest absolute Gasteiger partial charge is 0.381 e. The van der Waals surface area contributed by atoms with E-state index in [2.05, 4.69) is 9.97 Å². The number of hydrogen-bond acceptors (Lipinski definition) is 5. The van der Waals surface area contributed by atoms with E-state index < -0.39 is 0 Å². The van der Waals surface area contributed by atoms with Gasteiger partial charge in [0.2, 0.25) is 0 Å². The van der Waals surface area contributed by atoms with Crippen LogP contribution in [0.2, 0.25) is 0 Å². The Balaban J connectivity index is 1.76. The first-order chi connectivity index (χ1) is 10.7. The number of nitrogens with zero attached hydrogens (tertiary/aromatic N) is 3. The molecule has 0 radical (unpaired) electrons. The average Bonchev–Trinajstić information content (AvgIpc) is 2.59. The standard InChI is InChI=1S/C16H23N3O3/c1-2-21-11-16-6-3-9-22-14(16)5-8-19(10-16)15(20)13-4-7-17-12-18-13/h4,7,12,14H,2-3,5-6,8-11H2,1H3/t14-,16-/m1/s1. The fraction of sp³-hybridized carbons (Fsp3) is 0.688. The number of carbonyl (C=O) groups is 1. The van der Waals surface area contributed by atoms with Crippen molar-refractivity contribution in [3.05, 3.63) is 24.3 Å². The van der Waals surface area contributed by atoms with Crippen LogP contribution in [0.4, 0.5) is 0 Å². The summed E-state index contributed by atoms with van der Waals surface area (Å²) in [5, 5.41) is 0. The van der Waals surface area contributed by atoms with Crippen LogP contribution in [-0.2, 0) is 9.47 Å². The summed E-state index contributed by atoms with van der Waals surface area (Å²) in [5.74, 6) is -0.0257. The third-order valence-corrected chi connectivity index (χ3v) is 4.67. The molecule has 3 heterocycles. The van der Waals surface area contributed by atoms with Gasteiger partial charge in [-0.15, -0.1) is 0 Å². The maximum Gasteiger partial charge on any atom is 0.272 e. The highest BCUT2D eigenvalue weighted by atomic mass is 16.5. The van der Waals surface area contributed by atoms with Crippen molar-refractivity contribution in [2.45, 2.75) is 32.3 Å². The first-order valence-corrected chi connectivity index (χ1v) is 8.00. The molecular weight excluding hydrogens is 282 g/mol. The molecule has 1 aromatic rings. The van der Waals surface area contributed by atoms with Crippen molar-refractivity contribution < 1.29 is 14.3 Å². The predicted molar refractivity (Wildman–Crippen MR) is 80.5 cm³/mol. The van der Waals surface area contributed by atoms with Crippen molar-refractivity contribution in [1.29, 1.82) is 0 Å². The van der Waals surface area contributed by atoms with E-state index in [1.807, 2.05) is 11.8 Å². The first-order valence-electron chi connectivity index (χ1n) is 8.00. The highest BCUT2D eigenvalue weighted by Gasteiger charge is 2.47. The lowest BCUT2D eigenvalue weighted by Crippen LogP contribution is -2.58. The third-order valence-electron chi connectivity index (χ3n) is 4.67. The van der Waals surface area contributed by atoms with Crippen molar-refractivity contribution in [2.24, 2.45) is 5.41 Å². The van der Waals surface area contributed by atoms with E-state index in [1.54, 1.807) is 12.3 Å². The number of piperidine rings is 1. The molecule has 2 atom stereocenters. The molecule has 2 aliphatic heterocycles. The summed E-state index contributed by atoms with van der Waals surface area (Å²) in [6.45, 7) is 5.55. The Kier molecular flexibility index (Phi) is 4.69. The Morgan fingerprint density at radius 2 is 2.50 bits per heavy atom. The fourth-order valence-corrected chi connectivity index (χ4v) is 3.56. The molecule has 0 aromatic carbocycles. The number of hydrogen-bond donors (Lipinski definition) is 0. The maximum absolute atomic E-state index is 12.6. The van der Waals surface area contributed by atoms with E-state index in [-0.39, 0.29) is 17.4 Å². The first kappa shape index (κ1) is 15.4. The minimum atomic E-state index is -0.0742. The van der Waals surface area contributed by atoms with Crippen LogP contribution >= 0.6 is 0 Å². The molecule has 3 rings (SSSR count). The van der Waals surface area contributed by atoms with Gasteiger partial charge in [0.25, 0.3) is 5.91 Å². The summed E-state index contributed by atoms with van der Waals surface area (Å²) < 4.78 is 11.7. The summed E-state index contributed by atoms with van der Waals surface area (Å²) in [7, 11) is 0. The molecule has 0 aliphatic carbocycles. The normalized spacial score (nSPS) is 28.2. The quantitative estimate of drug-likeness (QED) is 0.844. The highest BCUT2D eigenvalue weighted by molar-refractivity contribution is 5.92. The number of likely N-dealkylation sites (tertiary alicyclic amines) is 1. The van der Waals surface area contributed by atoms with Crippen LogP contribution in [0.25, 0.3) is 0 Å². The zero-order valence-electron chi connectivity index (χ0n) is 13.0. The van der Waals surface area contributed by atoms with Gasteiger partial charge in [-0.2, -0.15) is 0 Å². The summed E-state index contributed by atoms with van der Waals surface area (Å²) in [6, 6.07) is 1.67. The zero-order chi connectivity index (χ0) is 15.4. The lowest BCUT2D eigenvalue weighted by atomic mass is 9.73. The van der Waals surface area contributed by atoms with Gasteiger partial charge in [0.15, 0.2) is 0 Å². The number of aromatic nitrogens is 2. The molecule has 6 heteroatoms. The zero-order valence-corrected chi connectivity index (χ0v) is 13.0. The molecule has 0 unspecified atom stereocenters. The Morgan fingerprint density at radius 3 is 3.27 bits per heavy atom. The molecule has 1 aromatic heterocycles. The molecule has 0 spiro atoms. The second-order valence-electron chi connectivity index (χ2n) is 6.07. The molecule has 0 bridgehead atoms. The number of ether oxygens (including phenoxy) is 2. The molecule has 2 saturated heterocycles. The monoisotopic (exact) mass is 305 g/mol. The molecule has 120 valence electrons. The van der Waals surface area contributed by atoms with Gasteiger partial charge in [-0.1, -0.05) is 0 Å². The number of rotatable bonds is 4. The van der Waals surface area contributed by atoms with Gasteiger partial charge in [-0.25, -0.2) is 9.97 Å². The molecular formula is C16H23N3O3. The molecule has 6 nitrogen and oxygen atoms in total. The Morgan fingerprint density at radius 1 is 1.59 bits per heavy atom. The molecule has 0 saturated carbocycles. The van der Waals surface area contributed by atoms with Gasteiger partial charge in [0.05, 0.1) is 12.7 Å². The molecule has 2 aliphatic rings. The summed E-state index contributed by atoms with van der Waals surface area (Å²) in [6.07, 6.45) is 6.16. The van der Waals surface area contributed by atoms with Crippen LogP contribution in [0, 0.1) is 5.41 Å². The number of fused-ring (bicyclic) bond motifs is 1. The Hall–Kier alpha value is -1.53. The van der Waals surface area contributed by atoms with Gasteiger partial charge < -0.3 is 14.4 Å². The molecule has 1 amide bonds. The van der Waals surface area contributed by atoms with Crippen LogP contribution in [0.3, 0.4) is 0 Å². The van der Waals surface area contributed by atoms with Gasteiger partial charge in [0.1, 0.15) is 12.0 Å². The van der Waals surface area contributed by atoms with E-state index in [1.165, 1.54) is 6.33 Å². The highest BCUT2D eigenvalue weighted by Crippen LogP contribution is 2.40. The van der Waals surface area contributed by atoms with Crippen molar-refractivity contribution in [3.63, 3.8) is 0 Å². The van der Waals surface area contributed by atoms with E-state index >= 15 is 0 Å². The van der Waals surface area contributed by atoms with Gasteiger partial charge in [-0.05, 0) is 32.3 Å². The van der Waals surface area contributed by atoms with Crippen LogP contribution < -0.4 is 0 Å². The van der Waals surface area contributed by atoms with Crippen molar-refractivity contribution in [3.8, 4) is 0 Å². The fourth-order valence-electron chi connectivity index (χ4n) is 3.56. The maximum atomic E-state index is 12.6. The molecule has 22 heavy (non-hydrogen) atoms. The number of amides is 1. The second-order valence-corrected chi connectivity index (χ2v) is 6.07. The minimum Gasteiger partial charge on any atom is -0.381 e.